The van der Waals surface area contributed by atoms with Crippen LogP contribution in [0.1, 0.15) is 40.1 Å². The van der Waals surface area contributed by atoms with Gasteiger partial charge >= 0.3 is 5.97 Å². The number of benzene rings is 1. The van der Waals surface area contributed by atoms with E-state index < -0.39 is 38.4 Å². The molecule has 4 heteroatoms. The minimum atomic E-state index is -3.30. The zero-order chi connectivity index (χ0) is 21.1. The Hall–Kier alpha value is -1.83. The van der Waals surface area contributed by atoms with Crippen LogP contribution in [0.4, 0.5) is 0 Å². The van der Waals surface area contributed by atoms with Gasteiger partial charge in [-0.2, -0.15) is 0 Å². The van der Waals surface area contributed by atoms with E-state index >= 15 is 0 Å². The Bertz CT molecular complexity index is 727. The maximum Gasteiger partial charge on any atom is 0.337 e. The van der Waals surface area contributed by atoms with Crippen LogP contribution in [0.25, 0.3) is 0 Å². The minimum absolute atomic E-state index is 0.219. The molecule has 1 aromatic carbocycles. The molecule has 102 valence electrons. The maximum absolute atomic E-state index is 11.4. The normalized spacial score (nSPS) is 21.4. The van der Waals surface area contributed by atoms with E-state index in [-0.39, 0.29) is 11.1 Å². The summed E-state index contributed by atoms with van der Waals surface area (Å²) in [6, 6.07) is 5.48. The molecule has 19 heavy (non-hydrogen) atoms. The van der Waals surface area contributed by atoms with Crippen LogP contribution >= 0.6 is 0 Å². The summed E-state index contributed by atoms with van der Waals surface area (Å²) in [7, 11) is -1.78. The van der Waals surface area contributed by atoms with Gasteiger partial charge in [-0.3, -0.25) is 0 Å². The van der Waals surface area contributed by atoms with Crippen molar-refractivity contribution in [3.8, 4) is 11.8 Å². The lowest BCUT2D eigenvalue weighted by molar-refractivity contribution is 0.0111. The summed E-state index contributed by atoms with van der Waals surface area (Å²) in [6.45, 7) is -4.49. The Balaban J connectivity index is 3.26. The van der Waals surface area contributed by atoms with E-state index in [0.29, 0.717) is 0 Å². The number of hydrogen-bond donors (Lipinski definition) is 1. The number of hydrogen-bond acceptors (Lipinski definition) is 4. The Morgan fingerprint density at radius 2 is 2.26 bits per heavy atom. The number of rotatable bonds is 4. The van der Waals surface area contributed by atoms with E-state index in [4.69, 9.17) is 11.0 Å². The molecule has 0 fully saturated rings. The number of ether oxygens (including phenoxy) is 2. The summed E-state index contributed by atoms with van der Waals surface area (Å²) < 4.78 is 67.3. The second-order valence-corrected chi connectivity index (χ2v) is 3.59. The van der Waals surface area contributed by atoms with Crippen LogP contribution in [0.3, 0.4) is 0 Å². The summed E-state index contributed by atoms with van der Waals surface area (Å²) in [5.41, 5.74) is -2.49. The number of carbonyl (C=O) groups is 1. The van der Waals surface area contributed by atoms with Gasteiger partial charge in [-0.25, -0.2) is 4.79 Å². The van der Waals surface area contributed by atoms with E-state index in [1.807, 2.05) is 0 Å². The topological polar surface area (TPSA) is 55.8 Å². The molecule has 0 aromatic heterocycles. The van der Waals surface area contributed by atoms with Gasteiger partial charge in [0.2, 0.25) is 0 Å². The molecular formula is C15H18O4. The van der Waals surface area contributed by atoms with Gasteiger partial charge in [0, 0.05) is 19.5 Å². The second kappa shape index (κ2) is 6.93. The summed E-state index contributed by atoms with van der Waals surface area (Å²) in [5.74, 6) is 3.86. The summed E-state index contributed by atoms with van der Waals surface area (Å²) in [4.78, 5) is 11.4. The Labute approximate surface area is 124 Å². The van der Waals surface area contributed by atoms with Crippen molar-refractivity contribution in [2.24, 2.45) is 0 Å². The van der Waals surface area contributed by atoms with Crippen LogP contribution in [0.2, 0.25) is 0 Å². The largest absolute Gasteiger partial charge is 0.465 e. The fourth-order valence-corrected chi connectivity index (χ4v) is 1.19. The number of carbonyl (C=O) groups excluding carboxylic acids is 1. The van der Waals surface area contributed by atoms with Gasteiger partial charge in [-0.15, -0.1) is 0 Å². The third-order valence-corrected chi connectivity index (χ3v) is 2.21. The average molecular weight is 270 g/mol. The highest BCUT2D eigenvalue weighted by Crippen LogP contribution is 2.10. The molecule has 0 saturated carbocycles. The molecule has 1 atom stereocenters. The zero-order valence-electron chi connectivity index (χ0n) is 18.2. The quantitative estimate of drug-likeness (QED) is 0.667. The standard InChI is InChI=1S/C15H18O4/c1-4-15(17,11-18-2)10-9-12-5-7-13(8-6-12)14(16)19-3/h5-8,17H,4,11H2,1-3H3/i1D3,2D3,4D2. The van der Waals surface area contributed by atoms with Crippen LogP contribution in [0.5, 0.6) is 0 Å². The molecule has 0 bridgehead atoms. The average Bonchev–Trinajstić information content (AvgIpc) is 2.56. The van der Waals surface area contributed by atoms with Gasteiger partial charge in [0.15, 0.2) is 0 Å². The predicted octanol–water partition coefficient (Wildman–Crippen LogP) is 1.61. The third kappa shape index (κ3) is 4.40. The van der Waals surface area contributed by atoms with Gasteiger partial charge in [0.05, 0.1) is 23.4 Å². The van der Waals surface area contributed by atoms with Crippen molar-refractivity contribution >= 4 is 5.97 Å². The van der Waals surface area contributed by atoms with Crippen molar-refractivity contribution in [3.05, 3.63) is 35.4 Å². The first-order chi connectivity index (χ1) is 12.1. The minimum Gasteiger partial charge on any atom is -0.465 e. The van der Waals surface area contributed by atoms with Gasteiger partial charge in [-0.1, -0.05) is 18.7 Å². The number of aliphatic hydroxyl groups is 1. The lowest BCUT2D eigenvalue weighted by Crippen LogP contribution is -2.31. The molecule has 0 radical (unpaired) electrons. The molecular weight excluding hydrogens is 244 g/mol. The van der Waals surface area contributed by atoms with Crippen molar-refractivity contribution in [1.29, 1.82) is 0 Å². The van der Waals surface area contributed by atoms with Gasteiger partial charge in [-0.05, 0) is 30.6 Å². The molecule has 0 aliphatic carbocycles. The van der Waals surface area contributed by atoms with E-state index in [1.165, 1.54) is 31.4 Å². The number of methoxy groups -OCH3 is 2. The Morgan fingerprint density at radius 3 is 2.84 bits per heavy atom. The molecule has 0 heterocycles. The Kier molecular flexibility index (Phi) is 2.59. The monoisotopic (exact) mass is 270 g/mol. The second-order valence-electron chi connectivity index (χ2n) is 3.59. The van der Waals surface area contributed by atoms with Crippen molar-refractivity contribution in [2.45, 2.75) is 18.8 Å². The van der Waals surface area contributed by atoms with E-state index in [0.717, 1.165) is 0 Å². The molecule has 4 nitrogen and oxygen atoms in total. The van der Waals surface area contributed by atoms with Crippen LogP contribution in [-0.4, -0.2) is 37.4 Å². The van der Waals surface area contributed by atoms with Crippen LogP contribution in [-0.2, 0) is 9.47 Å². The van der Waals surface area contributed by atoms with Crippen molar-refractivity contribution in [1.82, 2.24) is 0 Å². The van der Waals surface area contributed by atoms with Crippen molar-refractivity contribution in [2.75, 3.05) is 20.8 Å². The molecule has 1 unspecified atom stereocenters. The number of esters is 1. The zero-order valence-corrected chi connectivity index (χ0v) is 10.2. The highest BCUT2D eigenvalue weighted by atomic mass is 16.5. The highest BCUT2D eigenvalue weighted by molar-refractivity contribution is 5.89. The van der Waals surface area contributed by atoms with Gasteiger partial charge in [0.1, 0.15) is 5.60 Å². The van der Waals surface area contributed by atoms with Gasteiger partial charge in [0.25, 0.3) is 0 Å². The predicted molar refractivity (Wildman–Crippen MR) is 71.8 cm³/mol. The van der Waals surface area contributed by atoms with Gasteiger partial charge < -0.3 is 14.6 Å². The molecule has 1 N–H and O–H groups in total. The molecule has 0 amide bonds. The molecule has 1 aromatic rings. The molecule has 0 aliphatic rings. The SMILES string of the molecule is [2H]C([2H])([2H])OCC(O)(C#Cc1ccc(C(=O)OC)cc1)C([2H])([2H])C([2H])([2H])[2H]. The van der Waals surface area contributed by atoms with E-state index in [2.05, 4.69) is 21.3 Å². The van der Waals surface area contributed by atoms with Crippen molar-refractivity contribution in [3.63, 3.8) is 0 Å². The lowest BCUT2D eigenvalue weighted by atomic mass is 10.0. The van der Waals surface area contributed by atoms with Crippen LogP contribution in [0, 0.1) is 11.8 Å². The van der Waals surface area contributed by atoms with E-state index in [9.17, 15) is 9.90 Å². The summed E-state index contributed by atoms with van der Waals surface area (Å²) in [5, 5.41) is 10.5. The summed E-state index contributed by atoms with van der Waals surface area (Å²) in [6.07, 6.45) is -3.29. The first kappa shape index (κ1) is 7.09. The first-order valence-corrected chi connectivity index (χ1v) is 5.21. The highest BCUT2D eigenvalue weighted by Gasteiger charge is 2.21. The van der Waals surface area contributed by atoms with Crippen molar-refractivity contribution < 1.29 is 30.3 Å². The first-order valence-electron chi connectivity index (χ1n) is 9.21. The van der Waals surface area contributed by atoms with Crippen LogP contribution in [0.15, 0.2) is 24.3 Å². The lowest BCUT2D eigenvalue weighted by Gasteiger charge is -2.18. The Morgan fingerprint density at radius 1 is 1.53 bits per heavy atom. The van der Waals surface area contributed by atoms with E-state index in [1.54, 1.807) is 0 Å². The fourth-order valence-electron chi connectivity index (χ4n) is 1.19. The molecule has 0 spiro atoms. The molecule has 1 rings (SSSR count). The van der Waals surface area contributed by atoms with Crippen LogP contribution < -0.4 is 0 Å². The fraction of sp³-hybridized carbons (Fsp3) is 0.400. The third-order valence-electron chi connectivity index (χ3n) is 2.21. The smallest absolute Gasteiger partial charge is 0.337 e. The maximum atomic E-state index is 11.4. The molecule has 0 saturated heterocycles. The summed E-state index contributed by atoms with van der Waals surface area (Å²) >= 11 is 0. The molecule has 0 aliphatic heterocycles.